The van der Waals surface area contributed by atoms with Crippen LogP contribution in [0.3, 0.4) is 0 Å². The lowest BCUT2D eigenvalue weighted by Crippen LogP contribution is -2.30. The minimum Gasteiger partial charge on any atom is -0.309 e. The number of thiazole rings is 1. The number of benzene rings is 1. The molecule has 1 aliphatic rings. The summed E-state index contributed by atoms with van der Waals surface area (Å²) in [6.45, 7) is 7.04. The standard InChI is InChI=1S/C22H26N4O2S3/c1-14-8-6-9-18(15(14)2)26(16(3)27)21-23-17(13-30-21)12-19-20(28)25(22(29)31-19)11-7-10-24(4)5/h6,8-9,12-13H,7,10-11H2,1-5H3. The highest BCUT2D eigenvalue weighted by molar-refractivity contribution is 8.26. The molecule has 2 amide bonds. The van der Waals surface area contributed by atoms with Crippen molar-refractivity contribution in [3.63, 3.8) is 0 Å². The van der Waals surface area contributed by atoms with E-state index in [1.807, 2.05) is 51.5 Å². The summed E-state index contributed by atoms with van der Waals surface area (Å²) in [4.78, 5) is 35.8. The second-order valence-electron chi connectivity index (χ2n) is 7.62. The molecule has 2 heterocycles. The maximum Gasteiger partial charge on any atom is 0.266 e. The van der Waals surface area contributed by atoms with Gasteiger partial charge in [-0.05, 0) is 64.2 Å². The Morgan fingerprint density at radius 3 is 2.71 bits per heavy atom. The van der Waals surface area contributed by atoms with Gasteiger partial charge in [-0.25, -0.2) is 4.98 Å². The first-order valence-electron chi connectivity index (χ1n) is 9.91. The molecular formula is C22H26N4O2S3. The van der Waals surface area contributed by atoms with Gasteiger partial charge >= 0.3 is 0 Å². The lowest BCUT2D eigenvalue weighted by atomic mass is 10.1. The Labute approximate surface area is 196 Å². The van der Waals surface area contributed by atoms with Gasteiger partial charge in [0.15, 0.2) is 5.13 Å². The maximum absolute atomic E-state index is 12.8. The summed E-state index contributed by atoms with van der Waals surface area (Å²) >= 11 is 8.08. The van der Waals surface area contributed by atoms with Crippen molar-refractivity contribution < 1.29 is 9.59 Å². The van der Waals surface area contributed by atoms with Crippen LogP contribution in [-0.2, 0) is 9.59 Å². The lowest BCUT2D eigenvalue weighted by Gasteiger charge is -2.21. The van der Waals surface area contributed by atoms with Crippen LogP contribution in [0.1, 0.15) is 30.2 Å². The van der Waals surface area contributed by atoms with Crippen LogP contribution < -0.4 is 4.90 Å². The predicted octanol–water partition coefficient (Wildman–Crippen LogP) is 4.60. The highest BCUT2D eigenvalue weighted by Crippen LogP contribution is 2.35. The van der Waals surface area contributed by atoms with E-state index < -0.39 is 0 Å². The van der Waals surface area contributed by atoms with Gasteiger partial charge in [0, 0.05) is 18.8 Å². The number of nitrogens with zero attached hydrogens (tertiary/aromatic N) is 4. The summed E-state index contributed by atoms with van der Waals surface area (Å²) in [7, 11) is 4.01. The average molecular weight is 475 g/mol. The van der Waals surface area contributed by atoms with E-state index in [2.05, 4.69) is 9.88 Å². The van der Waals surface area contributed by atoms with Crippen LogP contribution in [0.5, 0.6) is 0 Å². The Morgan fingerprint density at radius 2 is 2.03 bits per heavy atom. The smallest absolute Gasteiger partial charge is 0.266 e. The molecule has 2 aromatic rings. The molecule has 0 N–H and O–H groups in total. The molecule has 9 heteroatoms. The van der Waals surface area contributed by atoms with Crippen LogP contribution in [0.25, 0.3) is 6.08 Å². The highest BCUT2D eigenvalue weighted by Gasteiger charge is 2.32. The van der Waals surface area contributed by atoms with Gasteiger partial charge in [0.25, 0.3) is 5.91 Å². The number of amides is 2. The molecule has 0 saturated carbocycles. The first kappa shape index (κ1) is 23.6. The number of carbonyl (C=O) groups excluding carboxylic acids is 2. The third-order valence-electron chi connectivity index (χ3n) is 4.97. The van der Waals surface area contributed by atoms with Gasteiger partial charge in [0.2, 0.25) is 5.91 Å². The monoisotopic (exact) mass is 474 g/mol. The number of aryl methyl sites for hydroxylation is 1. The third kappa shape index (κ3) is 5.41. The second-order valence-corrected chi connectivity index (χ2v) is 10.1. The van der Waals surface area contributed by atoms with Crippen LogP contribution in [0.2, 0.25) is 0 Å². The number of hydrogen-bond acceptors (Lipinski definition) is 7. The Bertz CT molecular complexity index is 1050. The molecule has 0 unspecified atom stereocenters. The molecule has 0 atom stereocenters. The van der Waals surface area contributed by atoms with Gasteiger partial charge in [-0.3, -0.25) is 19.4 Å². The number of aromatic nitrogens is 1. The number of hydrogen-bond donors (Lipinski definition) is 0. The van der Waals surface area contributed by atoms with E-state index in [0.717, 1.165) is 29.8 Å². The summed E-state index contributed by atoms with van der Waals surface area (Å²) in [6, 6.07) is 5.87. The summed E-state index contributed by atoms with van der Waals surface area (Å²) in [5.74, 6) is -0.192. The predicted molar refractivity (Wildman–Crippen MR) is 134 cm³/mol. The molecule has 0 aliphatic carbocycles. The first-order chi connectivity index (χ1) is 14.7. The summed E-state index contributed by atoms with van der Waals surface area (Å²) in [5.41, 5.74) is 3.61. The Hall–Kier alpha value is -2.07. The third-order valence-corrected chi connectivity index (χ3v) is 7.19. The largest absolute Gasteiger partial charge is 0.309 e. The number of thioether (sulfide) groups is 1. The molecule has 0 bridgehead atoms. The minimum atomic E-state index is -0.109. The van der Waals surface area contributed by atoms with E-state index in [9.17, 15) is 9.59 Å². The molecule has 1 saturated heterocycles. The Kier molecular flexibility index (Phi) is 7.64. The summed E-state index contributed by atoms with van der Waals surface area (Å²) in [5, 5.41) is 2.43. The minimum absolute atomic E-state index is 0.0822. The fourth-order valence-corrected chi connectivity index (χ4v) is 5.33. The highest BCUT2D eigenvalue weighted by atomic mass is 32.2. The van der Waals surface area contributed by atoms with Gasteiger partial charge in [-0.15, -0.1) is 11.3 Å². The van der Waals surface area contributed by atoms with Gasteiger partial charge in [-0.1, -0.05) is 36.1 Å². The Balaban J connectivity index is 1.82. The molecule has 1 fully saturated rings. The van der Waals surface area contributed by atoms with E-state index in [1.165, 1.54) is 30.0 Å². The van der Waals surface area contributed by atoms with Crippen LogP contribution >= 0.6 is 35.3 Å². The van der Waals surface area contributed by atoms with Crippen molar-refractivity contribution in [3.8, 4) is 0 Å². The Morgan fingerprint density at radius 1 is 1.29 bits per heavy atom. The van der Waals surface area contributed by atoms with E-state index in [-0.39, 0.29) is 11.8 Å². The van der Waals surface area contributed by atoms with Crippen LogP contribution in [0, 0.1) is 13.8 Å². The molecule has 3 rings (SSSR count). The second kappa shape index (κ2) is 10.0. The summed E-state index contributed by atoms with van der Waals surface area (Å²) in [6.07, 6.45) is 2.61. The van der Waals surface area contributed by atoms with Crippen molar-refractivity contribution in [3.05, 3.63) is 45.3 Å². The number of anilines is 2. The molecular weight excluding hydrogens is 448 g/mol. The average Bonchev–Trinajstić information content (AvgIpc) is 3.24. The fourth-order valence-electron chi connectivity index (χ4n) is 3.20. The molecule has 164 valence electrons. The van der Waals surface area contributed by atoms with E-state index in [0.29, 0.717) is 26.6 Å². The lowest BCUT2D eigenvalue weighted by molar-refractivity contribution is -0.122. The van der Waals surface area contributed by atoms with Crippen molar-refractivity contribution >= 4 is 68.3 Å². The number of carbonyl (C=O) groups is 2. The molecule has 1 aromatic heterocycles. The maximum atomic E-state index is 12.8. The molecule has 6 nitrogen and oxygen atoms in total. The van der Waals surface area contributed by atoms with Crippen molar-refractivity contribution in [2.24, 2.45) is 0 Å². The quantitative estimate of drug-likeness (QED) is 0.432. The number of thiocarbonyl (C=S) groups is 1. The summed E-state index contributed by atoms with van der Waals surface area (Å²) < 4.78 is 0.575. The zero-order valence-electron chi connectivity index (χ0n) is 18.3. The van der Waals surface area contributed by atoms with Gasteiger partial charge in [0.1, 0.15) is 4.32 Å². The molecule has 1 aromatic carbocycles. The van der Waals surface area contributed by atoms with Crippen LogP contribution in [0.4, 0.5) is 10.8 Å². The van der Waals surface area contributed by atoms with Crippen molar-refractivity contribution in [1.82, 2.24) is 14.8 Å². The van der Waals surface area contributed by atoms with E-state index in [1.54, 1.807) is 15.9 Å². The van der Waals surface area contributed by atoms with Crippen molar-refractivity contribution in [2.45, 2.75) is 27.2 Å². The molecule has 0 radical (unpaired) electrons. The first-order valence-corrected chi connectivity index (χ1v) is 12.0. The van der Waals surface area contributed by atoms with Crippen LogP contribution in [0.15, 0.2) is 28.5 Å². The molecule has 1 aliphatic heterocycles. The SMILES string of the molecule is CC(=O)N(c1nc(C=C2SC(=S)N(CCCN(C)C)C2=O)cs1)c1cccc(C)c1C. The van der Waals surface area contributed by atoms with Gasteiger partial charge in [-0.2, -0.15) is 0 Å². The van der Waals surface area contributed by atoms with E-state index in [4.69, 9.17) is 12.2 Å². The van der Waals surface area contributed by atoms with E-state index >= 15 is 0 Å². The van der Waals surface area contributed by atoms with Crippen molar-refractivity contribution in [2.75, 3.05) is 32.1 Å². The molecule has 31 heavy (non-hydrogen) atoms. The van der Waals surface area contributed by atoms with Crippen molar-refractivity contribution in [1.29, 1.82) is 0 Å². The fraction of sp³-hybridized carbons (Fsp3) is 0.364. The zero-order chi connectivity index (χ0) is 22.7. The van der Waals surface area contributed by atoms with Crippen LogP contribution in [-0.4, -0.2) is 58.1 Å². The number of rotatable bonds is 7. The normalized spacial score (nSPS) is 15.4. The van der Waals surface area contributed by atoms with Gasteiger partial charge in [0.05, 0.1) is 16.3 Å². The van der Waals surface area contributed by atoms with Gasteiger partial charge < -0.3 is 4.90 Å². The topological polar surface area (TPSA) is 56.8 Å². The zero-order valence-corrected chi connectivity index (χ0v) is 20.8. The molecule has 0 spiro atoms.